The molecule has 0 aliphatic carbocycles. The topological polar surface area (TPSA) is 0 Å². The van der Waals surface area contributed by atoms with Crippen molar-refractivity contribution in [2.45, 2.75) is 27.7 Å². The molecule has 0 aliphatic heterocycles. The highest BCUT2D eigenvalue weighted by Gasteiger charge is 2.08. The second kappa shape index (κ2) is 8.99. The van der Waals surface area contributed by atoms with E-state index in [9.17, 15) is 0 Å². The predicted molar refractivity (Wildman–Crippen MR) is 137 cm³/mol. The molecule has 2 heterocycles. The van der Waals surface area contributed by atoms with Crippen LogP contribution in [0.15, 0.2) is 60.7 Å². The molecule has 0 N–H and O–H groups in total. The first kappa shape index (κ1) is 20.6. The van der Waals surface area contributed by atoms with Gasteiger partial charge >= 0.3 is 0 Å². The van der Waals surface area contributed by atoms with Crippen LogP contribution < -0.4 is 0 Å². The summed E-state index contributed by atoms with van der Waals surface area (Å²) < 4.78 is 0. The van der Waals surface area contributed by atoms with Crippen LogP contribution in [-0.2, 0) is 0 Å². The molecule has 30 heavy (non-hydrogen) atoms. The summed E-state index contributed by atoms with van der Waals surface area (Å²) in [6, 6.07) is 22.2. The highest BCUT2D eigenvalue weighted by molar-refractivity contribution is 7.13. The van der Waals surface area contributed by atoms with Crippen molar-refractivity contribution in [1.29, 1.82) is 0 Å². The molecule has 0 spiro atoms. The van der Waals surface area contributed by atoms with E-state index in [4.69, 9.17) is 0 Å². The van der Waals surface area contributed by atoms with Crippen LogP contribution in [0, 0.1) is 27.7 Å². The van der Waals surface area contributed by atoms with Crippen LogP contribution in [-0.4, -0.2) is 0 Å². The van der Waals surface area contributed by atoms with Gasteiger partial charge in [-0.3, -0.25) is 0 Å². The molecule has 4 rings (SSSR count). The van der Waals surface area contributed by atoms with Gasteiger partial charge in [-0.15, -0.1) is 22.7 Å². The first-order valence-electron chi connectivity index (χ1n) is 10.2. The summed E-state index contributed by atoms with van der Waals surface area (Å²) in [5.41, 5.74) is 7.65. The van der Waals surface area contributed by atoms with Crippen molar-refractivity contribution >= 4 is 47.0 Å². The summed E-state index contributed by atoms with van der Waals surface area (Å²) in [6.45, 7) is 8.66. The van der Waals surface area contributed by atoms with Crippen LogP contribution in [0.1, 0.15) is 41.8 Å². The summed E-state index contributed by atoms with van der Waals surface area (Å²) in [6.07, 6.45) is 8.91. The maximum atomic E-state index is 2.32. The Morgan fingerprint density at radius 2 is 1.23 bits per heavy atom. The molecule has 0 fully saturated rings. The maximum absolute atomic E-state index is 2.32. The van der Waals surface area contributed by atoms with E-state index in [-0.39, 0.29) is 0 Å². The number of benzene rings is 2. The van der Waals surface area contributed by atoms with Gasteiger partial charge in [-0.2, -0.15) is 0 Å². The van der Waals surface area contributed by atoms with Gasteiger partial charge in [-0.05, 0) is 98.0 Å². The first-order valence-corrected chi connectivity index (χ1v) is 11.8. The minimum Gasteiger partial charge on any atom is -0.141 e. The van der Waals surface area contributed by atoms with E-state index in [1.165, 1.54) is 52.9 Å². The van der Waals surface area contributed by atoms with E-state index in [2.05, 4.69) is 113 Å². The van der Waals surface area contributed by atoms with E-state index in [1.807, 2.05) is 22.7 Å². The number of aryl methyl sites for hydroxylation is 4. The fourth-order valence-electron chi connectivity index (χ4n) is 3.52. The van der Waals surface area contributed by atoms with E-state index in [0.717, 1.165) is 0 Å². The normalized spacial score (nSPS) is 11.7. The Kier molecular flexibility index (Phi) is 6.17. The van der Waals surface area contributed by atoms with Gasteiger partial charge in [0.05, 0.1) is 0 Å². The third-order valence-electron chi connectivity index (χ3n) is 5.15. The minimum atomic E-state index is 1.22. The molecule has 0 amide bonds. The zero-order valence-corrected chi connectivity index (χ0v) is 19.5. The molecule has 150 valence electrons. The van der Waals surface area contributed by atoms with Crippen LogP contribution in [0.3, 0.4) is 0 Å². The van der Waals surface area contributed by atoms with E-state index >= 15 is 0 Å². The smallest absolute Gasteiger partial charge is 0.0273 e. The number of rotatable bonds is 5. The molecule has 0 aliphatic rings. The Morgan fingerprint density at radius 1 is 0.567 bits per heavy atom. The number of hydrogen-bond donors (Lipinski definition) is 0. The SMILES string of the molecule is Cc1ccc(C)c(-c2cc(/C=C/c3ccc(C)s3)ccc2/C=C/c2ccc(C)s2)c1. The Labute approximate surface area is 187 Å². The van der Waals surface area contributed by atoms with Crippen LogP contribution in [0.25, 0.3) is 35.4 Å². The molecule has 0 atom stereocenters. The van der Waals surface area contributed by atoms with Crippen LogP contribution in [0.4, 0.5) is 0 Å². The molecular formula is C28H26S2. The van der Waals surface area contributed by atoms with Crippen molar-refractivity contribution in [3.8, 4) is 11.1 Å². The highest BCUT2D eigenvalue weighted by atomic mass is 32.1. The zero-order valence-electron chi connectivity index (χ0n) is 17.9. The zero-order chi connectivity index (χ0) is 21.1. The standard InChI is InChI=1S/C28H26S2/c1-19-5-6-20(2)27(17-19)28-18-23(10-15-25-13-7-21(3)29-25)9-11-24(28)12-16-26-14-8-22(4)30-26/h5-18H,1-4H3/b15-10+,16-12+. The van der Waals surface area contributed by atoms with Crippen LogP contribution in [0.2, 0.25) is 0 Å². The van der Waals surface area contributed by atoms with Gasteiger partial charge in [0.15, 0.2) is 0 Å². The first-order chi connectivity index (χ1) is 14.5. The molecule has 0 bridgehead atoms. The largest absolute Gasteiger partial charge is 0.141 e. The molecule has 0 saturated carbocycles. The van der Waals surface area contributed by atoms with Crippen LogP contribution >= 0.6 is 22.7 Å². The molecule has 2 aromatic carbocycles. The summed E-state index contributed by atoms with van der Waals surface area (Å²) in [7, 11) is 0. The molecule has 2 heteroatoms. The van der Waals surface area contributed by atoms with Gasteiger partial charge in [0.2, 0.25) is 0 Å². The van der Waals surface area contributed by atoms with Gasteiger partial charge in [0, 0.05) is 19.5 Å². The number of thiophene rings is 2. The summed E-state index contributed by atoms with van der Waals surface area (Å²) >= 11 is 3.65. The Hall–Kier alpha value is -2.68. The van der Waals surface area contributed by atoms with E-state index in [1.54, 1.807) is 0 Å². The lowest BCUT2D eigenvalue weighted by Crippen LogP contribution is -1.89. The number of hydrogen-bond acceptors (Lipinski definition) is 2. The lowest BCUT2D eigenvalue weighted by molar-refractivity contribution is 1.39. The van der Waals surface area contributed by atoms with Gasteiger partial charge in [-0.25, -0.2) is 0 Å². The molecule has 2 aromatic heterocycles. The summed E-state index contributed by atoms with van der Waals surface area (Å²) in [5.74, 6) is 0. The molecular weight excluding hydrogens is 400 g/mol. The molecule has 4 aromatic rings. The van der Waals surface area contributed by atoms with Crippen molar-refractivity contribution in [3.05, 3.63) is 102 Å². The van der Waals surface area contributed by atoms with E-state index in [0.29, 0.717) is 0 Å². The fraction of sp³-hybridized carbons (Fsp3) is 0.143. The fourth-order valence-corrected chi connectivity index (χ4v) is 5.08. The van der Waals surface area contributed by atoms with Crippen molar-refractivity contribution in [1.82, 2.24) is 0 Å². The molecule has 0 nitrogen and oxygen atoms in total. The Morgan fingerprint density at radius 3 is 1.87 bits per heavy atom. The van der Waals surface area contributed by atoms with Crippen molar-refractivity contribution < 1.29 is 0 Å². The Balaban J connectivity index is 1.76. The third kappa shape index (κ3) is 4.89. The molecule has 0 saturated heterocycles. The van der Waals surface area contributed by atoms with Gasteiger partial charge < -0.3 is 0 Å². The van der Waals surface area contributed by atoms with Crippen molar-refractivity contribution in [3.63, 3.8) is 0 Å². The van der Waals surface area contributed by atoms with Crippen LogP contribution in [0.5, 0.6) is 0 Å². The van der Waals surface area contributed by atoms with Gasteiger partial charge in [0.25, 0.3) is 0 Å². The average molecular weight is 427 g/mol. The second-order valence-corrected chi connectivity index (χ2v) is 10.4. The Bertz CT molecular complexity index is 1230. The third-order valence-corrected chi connectivity index (χ3v) is 7.08. The minimum absolute atomic E-state index is 1.22. The summed E-state index contributed by atoms with van der Waals surface area (Å²) in [4.78, 5) is 5.26. The summed E-state index contributed by atoms with van der Waals surface area (Å²) in [5, 5.41) is 0. The van der Waals surface area contributed by atoms with Gasteiger partial charge in [-0.1, -0.05) is 48.0 Å². The monoisotopic (exact) mass is 426 g/mol. The molecule has 0 radical (unpaired) electrons. The van der Waals surface area contributed by atoms with Crippen molar-refractivity contribution in [2.24, 2.45) is 0 Å². The maximum Gasteiger partial charge on any atom is 0.0273 e. The highest BCUT2D eigenvalue weighted by Crippen LogP contribution is 2.31. The van der Waals surface area contributed by atoms with Crippen molar-refractivity contribution in [2.75, 3.05) is 0 Å². The molecule has 0 unspecified atom stereocenters. The average Bonchev–Trinajstić information content (AvgIpc) is 3.34. The van der Waals surface area contributed by atoms with Gasteiger partial charge in [0.1, 0.15) is 0 Å². The lowest BCUT2D eigenvalue weighted by atomic mass is 9.92. The lowest BCUT2D eigenvalue weighted by Gasteiger charge is -2.12. The second-order valence-electron chi connectivity index (χ2n) is 7.73. The quantitative estimate of drug-likeness (QED) is 0.298. The van der Waals surface area contributed by atoms with E-state index < -0.39 is 0 Å². The predicted octanol–water partition coefficient (Wildman–Crippen LogP) is 9.05.